The SMILES string of the molecule is COCCNC(=S)N[C@H]1CCN(c2nc(OCC3CCCN3C)nc3c2CCN(c2cccc4cccc(C)c24)C3)C[C@@H]1CC#N. The third kappa shape index (κ3) is 7.14. The highest BCUT2D eigenvalue weighted by molar-refractivity contribution is 7.80. The smallest absolute Gasteiger partial charge is 0.318 e. The van der Waals surface area contributed by atoms with Crippen LogP contribution >= 0.6 is 12.2 Å². The van der Waals surface area contributed by atoms with Crippen molar-refractivity contribution in [3.63, 3.8) is 0 Å². The van der Waals surface area contributed by atoms with Crippen molar-refractivity contribution in [1.82, 2.24) is 25.5 Å². The van der Waals surface area contributed by atoms with Gasteiger partial charge < -0.3 is 34.8 Å². The maximum absolute atomic E-state index is 9.75. The lowest BCUT2D eigenvalue weighted by Gasteiger charge is -2.41. The fourth-order valence-corrected chi connectivity index (χ4v) is 7.53. The molecule has 2 fully saturated rings. The summed E-state index contributed by atoms with van der Waals surface area (Å²) in [6.07, 6.45) is 4.44. The van der Waals surface area contributed by atoms with E-state index in [-0.39, 0.29) is 12.0 Å². The van der Waals surface area contributed by atoms with Gasteiger partial charge in [0.05, 0.1) is 24.9 Å². The molecule has 6 rings (SSSR count). The average Bonchev–Trinajstić information content (AvgIpc) is 3.48. The van der Waals surface area contributed by atoms with Gasteiger partial charge in [-0.05, 0) is 75.4 Å². The first kappa shape index (κ1) is 32.2. The largest absolute Gasteiger partial charge is 0.462 e. The second-order valence-corrected chi connectivity index (χ2v) is 13.2. The molecule has 0 spiro atoms. The zero-order valence-electron chi connectivity index (χ0n) is 27.3. The van der Waals surface area contributed by atoms with Gasteiger partial charge in [-0.2, -0.15) is 15.2 Å². The number of nitrogens with one attached hydrogen (secondary N) is 2. The molecule has 3 aliphatic heterocycles. The van der Waals surface area contributed by atoms with E-state index in [2.05, 4.69) is 81.8 Å². The lowest BCUT2D eigenvalue weighted by Crippen LogP contribution is -2.53. The van der Waals surface area contributed by atoms with Gasteiger partial charge in [-0.1, -0.05) is 30.3 Å². The summed E-state index contributed by atoms with van der Waals surface area (Å²) in [5.74, 6) is 1.05. The number of anilines is 2. The Morgan fingerprint density at radius 3 is 2.74 bits per heavy atom. The molecule has 1 unspecified atom stereocenters. The first-order chi connectivity index (χ1) is 22.4. The lowest BCUT2D eigenvalue weighted by atomic mass is 9.89. The van der Waals surface area contributed by atoms with E-state index in [1.54, 1.807) is 7.11 Å². The summed E-state index contributed by atoms with van der Waals surface area (Å²) >= 11 is 5.56. The average molecular weight is 643 g/mol. The van der Waals surface area contributed by atoms with E-state index in [0.717, 1.165) is 50.4 Å². The summed E-state index contributed by atoms with van der Waals surface area (Å²) in [7, 11) is 3.84. The van der Waals surface area contributed by atoms with Crippen LogP contribution in [0.4, 0.5) is 11.5 Å². The maximum Gasteiger partial charge on any atom is 0.318 e. The van der Waals surface area contributed by atoms with E-state index in [0.29, 0.717) is 56.4 Å². The van der Waals surface area contributed by atoms with Crippen LogP contribution in [0.5, 0.6) is 6.01 Å². The van der Waals surface area contributed by atoms with E-state index in [1.165, 1.54) is 34.0 Å². The zero-order chi connectivity index (χ0) is 32.0. The Balaban J connectivity index is 1.27. The lowest BCUT2D eigenvalue weighted by molar-refractivity contribution is 0.187. The number of piperidine rings is 1. The molecular weight excluding hydrogens is 597 g/mol. The molecule has 0 radical (unpaired) electrons. The van der Waals surface area contributed by atoms with Crippen molar-refractivity contribution < 1.29 is 9.47 Å². The van der Waals surface area contributed by atoms with Crippen LogP contribution in [0.25, 0.3) is 10.8 Å². The van der Waals surface area contributed by atoms with Crippen molar-refractivity contribution in [2.24, 2.45) is 5.92 Å². The van der Waals surface area contributed by atoms with Crippen LogP contribution in [-0.2, 0) is 17.7 Å². The molecule has 46 heavy (non-hydrogen) atoms. The first-order valence-corrected chi connectivity index (χ1v) is 17.0. The van der Waals surface area contributed by atoms with Gasteiger partial charge >= 0.3 is 6.01 Å². The van der Waals surface area contributed by atoms with Crippen LogP contribution < -0.4 is 25.2 Å². The molecule has 0 bridgehead atoms. The minimum absolute atomic E-state index is 0.0989. The Morgan fingerprint density at radius 2 is 1.96 bits per heavy atom. The number of aryl methyl sites for hydroxylation is 1. The molecule has 2 N–H and O–H groups in total. The quantitative estimate of drug-likeness (QED) is 0.246. The van der Waals surface area contributed by atoms with Crippen molar-refractivity contribution in [2.45, 2.75) is 57.7 Å². The Morgan fingerprint density at radius 1 is 1.11 bits per heavy atom. The fraction of sp³-hybridized carbons (Fsp3) is 0.543. The van der Waals surface area contributed by atoms with Crippen LogP contribution in [0.1, 0.15) is 42.5 Å². The Hall–Kier alpha value is -3.72. The number of rotatable bonds is 10. The van der Waals surface area contributed by atoms with E-state index in [9.17, 15) is 5.26 Å². The van der Waals surface area contributed by atoms with Crippen molar-refractivity contribution in [3.05, 3.63) is 53.2 Å². The van der Waals surface area contributed by atoms with E-state index >= 15 is 0 Å². The standard InChI is InChI=1S/C35H46N8O2S/c1-24-7-4-8-25-9-5-11-31(32(24)25)42-18-13-28-30(22-42)38-34(45-23-27-10-6-17-41(27)2)40-33(28)43-19-14-29(26(21-43)12-15-36)39-35(46)37-16-20-44-3/h4-5,7-9,11,26-27,29H,6,10,12-14,16-23H2,1-3H3,(H2,37,39,46)/t26-,27?,29-/m0/s1. The number of methoxy groups -OCH3 is 1. The molecule has 4 heterocycles. The van der Waals surface area contributed by atoms with E-state index < -0.39 is 0 Å². The Bertz CT molecular complexity index is 1570. The second-order valence-electron chi connectivity index (χ2n) is 12.8. The van der Waals surface area contributed by atoms with Crippen molar-refractivity contribution in [2.75, 3.05) is 69.9 Å². The number of likely N-dealkylation sites (N-methyl/N-ethyl adjacent to an activating group) is 1. The number of nitrogens with zero attached hydrogens (tertiary/aromatic N) is 6. The number of aromatic nitrogens is 2. The minimum Gasteiger partial charge on any atom is -0.462 e. The molecule has 0 saturated carbocycles. The normalized spacial score (nSPS) is 21.6. The summed E-state index contributed by atoms with van der Waals surface area (Å²) in [4.78, 5) is 17.3. The first-order valence-electron chi connectivity index (χ1n) is 16.6. The third-order valence-electron chi connectivity index (χ3n) is 9.83. The summed E-state index contributed by atoms with van der Waals surface area (Å²) in [6.45, 7) is 8.19. The molecule has 11 heteroatoms. The Labute approximate surface area is 278 Å². The van der Waals surface area contributed by atoms with Gasteiger partial charge in [-0.15, -0.1) is 0 Å². The highest BCUT2D eigenvalue weighted by Gasteiger charge is 2.34. The Kier molecular flexibility index (Phi) is 10.4. The number of likely N-dealkylation sites (tertiary alicyclic amines) is 1. The van der Waals surface area contributed by atoms with Gasteiger partial charge in [0.2, 0.25) is 0 Å². The molecule has 3 aromatic rings. The molecule has 3 atom stereocenters. The van der Waals surface area contributed by atoms with Crippen LogP contribution in [0.3, 0.4) is 0 Å². The topological polar surface area (TPSA) is 102 Å². The monoisotopic (exact) mass is 642 g/mol. The van der Waals surface area contributed by atoms with Crippen LogP contribution in [0, 0.1) is 24.2 Å². The number of benzene rings is 2. The maximum atomic E-state index is 9.75. The van der Waals surface area contributed by atoms with Crippen molar-refractivity contribution in [3.8, 4) is 12.1 Å². The minimum atomic E-state index is 0.0989. The van der Waals surface area contributed by atoms with Crippen LogP contribution in [0.15, 0.2) is 36.4 Å². The fourth-order valence-electron chi connectivity index (χ4n) is 7.27. The van der Waals surface area contributed by atoms with E-state index in [4.69, 9.17) is 31.7 Å². The van der Waals surface area contributed by atoms with Crippen LogP contribution in [-0.4, -0.2) is 92.2 Å². The molecule has 244 valence electrons. The number of hydrogen-bond acceptors (Lipinski definition) is 9. The third-order valence-corrected chi connectivity index (χ3v) is 10.1. The number of thiocarbonyl (C=S) groups is 1. The van der Waals surface area contributed by atoms with Crippen molar-refractivity contribution >= 4 is 39.6 Å². The molecular formula is C35H46N8O2S. The number of ether oxygens (including phenoxy) is 2. The van der Waals surface area contributed by atoms with E-state index in [1.807, 2.05) is 0 Å². The van der Waals surface area contributed by atoms with Gasteiger partial charge in [0, 0.05) is 74.3 Å². The van der Waals surface area contributed by atoms with Gasteiger partial charge in [0.1, 0.15) is 12.4 Å². The predicted molar refractivity (Wildman–Crippen MR) is 187 cm³/mol. The van der Waals surface area contributed by atoms with Gasteiger partial charge in [0.15, 0.2) is 5.11 Å². The number of fused-ring (bicyclic) bond motifs is 2. The van der Waals surface area contributed by atoms with Gasteiger partial charge in [-0.3, -0.25) is 0 Å². The molecule has 0 amide bonds. The molecule has 0 aliphatic carbocycles. The summed E-state index contributed by atoms with van der Waals surface area (Å²) < 4.78 is 11.5. The summed E-state index contributed by atoms with van der Waals surface area (Å²) in [5.41, 5.74) is 4.74. The molecule has 10 nitrogen and oxygen atoms in total. The van der Waals surface area contributed by atoms with Gasteiger partial charge in [-0.25, -0.2) is 0 Å². The zero-order valence-corrected chi connectivity index (χ0v) is 28.1. The van der Waals surface area contributed by atoms with Crippen LogP contribution in [0.2, 0.25) is 0 Å². The summed E-state index contributed by atoms with van der Waals surface area (Å²) in [5, 5.41) is 19.6. The second kappa shape index (κ2) is 14.8. The molecule has 3 aliphatic rings. The number of nitriles is 1. The predicted octanol–water partition coefficient (Wildman–Crippen LogP) is 4.19. The van der Waals surface area contributed by atoms with Gasteiger partial charge in [0.25, 0.3) is 0 Å². The molecule has 1 aromatic heterocycles. The highest BCUT2D eigenvalue weighted by Crippen LogP contribution is 2.36. The number of hydrogen-bond donors (Lipinski definition) is 2. The molecule has 2 aromatic carbocycles. The molecule has 2 saturated heterocycles. The van der Waals surface area contributed by atoms with Crippen molar-refractivity contribution in [1.29, 1.82) is 5.26 Å². The highest BCUT2D eigenvalue weighted by atomic mass is 32.1. The summed E-state index contributed by atoms with van der Waals surface area (Å²) in [6, 6.07) is 16.4.